The molecule has 0 unspecified atom stereocenters. The summed E-state index contributed by atoms with van der Waals surface area (Å²) in [5, 5.41) is 3.87. The molecule has 1 N–H and O–H groups in total. The van der Waals surface area contributed by atoms with E-state index in [0.29, 0.717) is 18.1 Å². The average Bonchev–Trinajstić information content (AvgIpc) is 2.28. The molecule has 0 aliphatic carbocycles. The molecule has 1 rings (SSSR count). The Morgan fingerprint density at radius 1 is 1.33 bits per heavy atom. The first-order chi connectivity index (χ1) is 8.29. The molecule has 100 valence electrons. The fourth-order valence-corrected chi connectivity index (χ4v) is 1.64. The minimum Gasteiger partial charge on any atom is -0.340 e. The Labute approximate surface area is 114 Å². The summed E-state index contributed by atoms with van der Waals surface area (Å²) in [4.78, 5) is 13.6. The van der Waals surface area contributed by atoms with Crippen LogP contribution in [0.4, 0.5) is 0 Å². The molecule has 1 aromatic carbocycles. The molecule has 0 aliphatic heterocycles. The van der Waals surface area contributed by atoms with E-state index in [1.54, 1.807) is 11.9 Å². The first-order valence-corrected chi connectivity index (χ1v) is 6.40. The van der Waals surface area contributed by atoms with Gasteiger partial charge in [0.05, 0.1) is 6.54 Å². The molecule has 0 heterocycles. The van der Waals surface area contributed by atoms with Crippen molar-refractivity contribution in [1.82, 2.24) is 10.2 Å². The van der Waals surface area contributed by atoms with Crippen LogP contribution in [0.15, 0.2) is 24.3 Å². The Balaban J connectivity index is 2.53. The van der Waals surface area contributed by atoms with Crippen molar-refractivity contribution in [2.45, 2.75) is 32.9 Å². The molecular weight excluding hydrogens is 248 g/mol. The zero-order chi connectivity index (χ0) is 13.8. The summed E-state index contributed by atoms with van der Waals surface area (Å²) in [7, 11) is 1.79. The third-order valence-corrected chi connectivity index (χ3v) is 2.93. The maximum atomic E-state index is 11.9. The SMILES string of the molecule is CN(Cc1ccccc1Cl)C(=O)CNC(C)(C)C. The Kier molecular flexibility index (Phi) is 5.17. The fourth-order valence-electron chi connectivity index (χ4n) is 1.45. The highest BCUT2D eigenvalue weighted by Crippen LogP contribution is 2.16. The van der Waals surface area contributed by atoms with Crippen molar-refractivity contribution < 1.29 is 4.79 Å². The van der Waals surface area contributed by atoms with Crippen molar-refractivity contribution in [3.05, 3.63) is 34.9 Å². The van der Waals surface area contributed by atoms with Crippen LogP contribution in [0.25, 0.3) is 0 Å². The van der Waals surface area contributed by atoms with Gasteiger partial charge in [-0.2, -0.15) is 0 Å². The lowest BCUT2D eigenvalue weighted by atomic mass is 10.1. The number of hydrogen-bond acceptors (Lipinski definition) is 2. The molecule has 0 saturated carbocycles. The highest BCUT2D eigenvalue weighted by molar-refractivity contribution is 6.31. The smallest absolute Gasteiger partial charge is 0.236 e. The van der Waals surface area contributed by atoms with Crippen molar-refractivity contribution in [2.75, 3.05) is 13.6 Å². The van der Waals surface area contributed by atoms with Crippen molar-refractivity contribution in [3.63, 3.8) is 0 Å². The minimum atomic E-state index is -0.0547. The van der Waals surface area contributed by atoms with Crippen LogP contribution >= 0.6 is 11.6 Å². The Bertz CT molecular complexity index is 413. The highest BCUT2D eigenvalue weighted by Gasteiger charge is 2.14. The van der Waals surface area contributed by atoms with E-state index in [0.717, 1.165) is 5.56 Å². The van der Waals surface area contributed by atoms with Gasteiger partial charge in [-0.05, 0) is 32.4 Å². The van der Waals surface area contributed by atoms with Gasteiger partial charge >= 0.3 is 0 Å². The third-order valence-electron chi connectivity index (χ3n) is 2.56. The molecule has 0 spiro atoms. The maximum Gasteiger partial charge on any atom is 0.236 e. The van der Waals surface area contributed by atoms with Crippen LogP contribution in [-0.4, -0.2) is 29.9 Å². The van der Waals surface area contributed by atoms with Crippen LogP contribution in [-0.2, 0) is 11.3 Å². The predicted molar refractivity (Wildman–Crippen MR) is 75.7 cm³/mol. The molecule has 18 heavy (non-hydrogen) atoms. The number of nitrogens with zero attached hydrogens (tertiary/aromatic N) is 1. The van der Waals surface area contributed by atoms with Crippen LogP contribution < -0.4 is 5.32 Å². The lowest BCUT2D eigenvalue weighted by Gasteiger charge is -2.23. The van der Waals surface area contributed by atoms with Crippen molar-refractivity contribution >= 4 is 17.5 Å². The van der Waals surface area contributed by atoms with E-state index >= 15 is 0 Å². The summed E-state index contributed by atoms with van der Waals surface area (Å²) in [6, 6.07) is 7.58. The van der Waals surface area contributed by atoms with Gasteiger partial charge in [-0.15, -0.1) is 0 Å². The van der Waals surface area contributed by atoms with Gasteiger partial charge in [0.25, 0.3) is 0 Å². The van der Waals surface area contributed by atoms with E-state index in [-0.39, 0.29) is 11.4 Å². The van der Waals surface area contributed by atoms with E-state index in [2.05, 4.69) is 5.32 Å². The molecule has 0 aromatic heterocycles. The number of nitrogens with one attached hydrogen (secondary N) is 1. The van der Waals surface area contributed by atoms with E-state index in [9.17, 15) is 4.79 Å². The fraction of sp³-hybridized carbons (Fsp3) is 0.500. The molecule has 0 saturated heterocycles. The van der Waals surface area contributed by atoms with Gasteiger partial charge in [0.15, 0.2) is 0 Å². The molecule has 0 fully saturated rings. The first-order valence-electron chi connectivity index (χ1n) is 6.02. The van der Waals surface area contributed by atoms with E-state index < -0.39 is 0 Å². The summed E-state index contributed by atoms with van der Waals surface area (Å²) >= 11 is 6.07. The lowest BCUT2D eigenvalue weighted by molar-refractivity contribution is -0.129. The quantitative estimate of drug-likeness (QED) is 0.911. The zero-order valence-corrected chi connectivity index (χ0v) is 12.2. The second kappa shape index (κ2) is 6.21. The Hall–Kier alpha value is -1.06. The standard InChI is InChI=1S/C14H21ClN2O/c1-14(2,3)16-9-13(18)17(4)10-11-7-5-6-8-12(11)15/h5-8,16H,9-10H2,1-4H3. The number of benzene rings is 1. The molecule has 1 aromatic rings. The normalized spacial score (nSPS) is 11.4. The van der Waals surface area contributed by atoms with Crippen molar-refractivity contribution in [3.8, 4) is 0 Å². The van der Waals surface area contributed by atoms with Crippen LogP contribution in [0.2, 0.25) is 5.02 Å². The van der Waals surface area contributed by atoms with Gasteiger partial charge < -0.3 is 10.2 Å². The molecule has 0 radical (unpaired) electrons. The molecule has 4 heteroatoms. The minimum absolute atomic E-state index is 0.0547. The number of carbonyl (C=O) groups is 1. The second-order valence-corrected chi connectivity index (χ2v) is 5.85. The Morgan fingerprint density at radius 3 is 2.50 bits per heavy atom. The van der Waals surface area contributed by atoms with Gasteiger partial charge in [-0.3, -0.25) is 4.79 Å². The average molecular weight is 269 g/mol. The van der Waals surface area contributed by atoms with Gasteiger partial charge in [0.1, 0.15) is 0 Å². The largest absolute Gasteiger partial charge is 0.340 e. The van der Waals surface area contributed by atoms with Crippen LogP contribution in [0.1, 0.15) is 26.3 Å². The van der Waals surface area contributed by atoms with Gasteiger partial charge in [0, 0.05) is 24.2 Å². The van der Waals surface area contributed by atoms with E-state index in [4.69, 9.17) is 11.6 Å². The first kappa shape index (κ1) is 15.0. The van der Waals surface area contributed by atoms with Gasteiger partial charge in [-0.1, -0.05) is 29.8 Å². The molecule has 0 aliphatic rings. The highest BCUT2D eigenvalue weighted by atomic mass is 35.5. The number of hydrogen-bond donors (Lipinski definition) is 1. The summed E-state index contributed by atoms with van der Waals surface area (Å²) in [5.74, 6) is 0.0600. The van der Waals surface area contributed by atoms with Gasteiger partial charge in [-0.25, -0.2) is 0 Å². The number of carbonyl (C=O) groups excluding carboxylic acids is 1. The number of amides is 1. The van der Waals surface area contributed by atoms with Gasteiger partial charge in [0.2, 0.25) is 5.91 Å². The van der Waals surface area contributed by atoms with Crippen LogP contribution in [0.5, 0.6) is 0 Å². The predicted octanol–water partition coefficient (Wildman–Crippen LogP) is 2.69. The maximum absolute atomic E-state index is 11.9. The molecule has 0 bridgehead atoms. The monoisotopic (exact) mass is 268 g/mol. The number of halogens is 1. The summed E-state index contributed by atoms with van der Waals surface area (Å²) in [5.41, 5.74) is 0.909. The molecule has 3 nitrogen and oxygen atoms in total. The number of likely N-dealkylation sites (N-methyl/N-ethyl adjacent to an activating group) is 1. The van der Waals surface area contributed by atoms with Crippen LogP contribution in [0, 0.1) is 0 Å². The summed E-state index contributed by atoms with van der Waals surface area (Å²) < 4.78 is 0. The van der Waals surface area contributed by atoms with E-state index in [1.807, 2.05) is 45.0 Å². The second-order valence-electron chi connectivity index (χ2n) is 5.44. The molecule has 0 atom stereocenters. The zero-order valence-electron chi connectivity index (χ0n) is 11.5. The van der Waals surface area contributed by atoms with Crippen molar-refractivity contribution in [2.24, 2.45) is 0 Å². The van der Waals surface area contributed by atoms with Crippen molar-refractivity contribution in [1.29, 1.82) is 0 Å². The Morgan fingerprint density at radius 2 is 1.94 bits per heavy atom. The topological polar surface area (TPSA) is 32.3 Å². The third kappa shape index (κ3) is 5.07. The summed E-state index contributed by atoms with van der Waals surface area (Å²) in [6.45, 7) is 6.98. The molecule has 1 amide bonds. The number of rotatable bonds is 4. The molecular formula is C14H21ClN2O. The van der Waals surface area contributed by atoms with E-state index in [1.165, 1.54) is 0 Å². The summed E-state index contributed by atoms with van der Waals surface area (Å²) in [6.07, 6.45) is 0. The van der Waals surface area contributed by atoms with Crippen LogP contribution in [0.3, 0.4) is 0 Å². The lowest BCUT2D eigenvalue weighted by Crippen LogP contribution is -2.43.